The van der Waals surface area contributed by atoms with Crippen molar-refractivity contribution in [3.8, 4) is 11.8 Å². The SMILES string of the molecule is CC(=O)c1cccc(OCc2ccc(C#N)cc2)c1. The molecule has 94 valence electrons. The molecule has 0 aliphatic carbocycles. The molecule has 0 spiro atoms. The summed E-state index contributed by atoms with van der Waals surface area (Å²) >= 11 is 0. The first-order valence-corrected chi connectivity index (χ1v) is 5.92. The molecule has 0 atom stereocenters. The van der Waals surface area contributed by atoms with Crippen molar-refractivity contribution >= 4 is 5.78 Å². The van der Waals surface area contributed by atoms with Crippen LogP contribution in [0.3, 0.4) is 0 Å². The van der Waals surface area contributed by atoms with Gasteiger partial charge in [-0.3, -0.25) is 4.79 Å². The van der Waals surface area contributed by atoms with E-state index in [-0.39, 0.29) is 5.78 Å². The van der Waals surface area contributed by atoms with Gasteiger partial charge in [0, 0.05) is 5.56 Å². The maximum Gasteiger partial charge on any atom is 0.159 e. The zero-order chi connectivity index (χ0) is 13.7. The van der Waals surface area contributed by atoms with Crippen LogP contribution in [0.4, 0.5) is 0 Å². The van der Waals surface area contributed by atoms with E-state index in [0.717, 1.165) is 5.56 Å². The molecule has 2 aromatic rings. The van der Waals surface area contributed by atoms with Gasteiger partial charge in [0.25, 0.3) is 0 Å². The Hall–Kier alpha value is -2.60. The molecule has 0 amide bonds. The number of hydrogen-bond donors (Lipinski definition) is 0. The zero-order valence-electron chi connectivity index (χ0n) is 10.6. The summed E-state index contributed by atoms with van der Waals surface area (Å²) in [4.78, 5) is 11.3. The fraction of sp³-hybridized carbons (Fsp3) is 0.125. The second-order valence-electron chi connectivity index (χ2n) is 4.18. The van der Waals surface area contributed by atoms with E-state index in [0.29, 0.717) is 23.5 Å². The van der Waals surface area contributed by atoms with E-state index < -0.39 is 0 Å². The summed E-state index contributed by atoms with van der Waals surface area (Å²) in [5, 5.41) is 8.71. The van der Waals surface area contributed by atoms with Crippen LogP contribution >= 0.6 is 0 Å². The Morgan fingerprint density at radius 3 is 2.58 bits per heavy atom. The minimum Gasteiger partial charge on any atom is -0.489 e. The van der Waals surface area contributed by atoms with Crippen molar-refractivity contribution < 1.29 is 9.53 Å². The first-order chi connectivity index (χ1) is 9.19. The highest BCUT2D eigenvalue weighted by Gasteiger charge is 2.01. The number of rotatable bonds is 4. The van der Waals surface area contributed by atoms with E-state index in [1.807, 2.05) is 18.2 Å². The van der Waals surface area contributed by atoms with Crippen molar-refractivity contribution in [2.45, 2.75) is 13.5 Å². The fourth-order valence-electron chi connectivity index (χ4n) is 1.65. The maximum atomic E-state index is 11.3. The van der Waals surface area contributed by atoms with Crippen LogP contribution in [0.1, 0.15) is 28.4 Å². The third kappa shape index (κ3) is 3.43. The Kier molecular flexibility index (Phi) is 3.94. The number of ketones is 1. The Bertz CT molecular complexity index is 624. The molecule has 3 heteroatoms. The highest BCUT2D eigenvalue weighted by molar-refractivity contribution is 5.94. The number of hydrogen-bond acceptors (Lipinski definition) is 3. The van der Waals surface area contributed by atoms with Crippen LogP contribution in [0.25, 0.3) is 0 Å². The number of nitriles is 1. The van der Waals surface area contributed by atoms with Crippen molar-refractivity contribution in [3.05, 3.63) is 65.2 Å². The number of benzene rings is 2. The van der Waals surface area contributed by atoms with Gasteiger partial charge in [-0.25, -0.2) is 0 Å². The van der Waals surface area contributed by atoms with Gasteiger partial charge in [0.1, 0.15) is 12.4 Å². The largest absolute Gasteiger partial charge is 0.489 e. The molecule has 0 unspecified atom stereocenters. The van der Waals surface area contributed by atoms with E-state index in [1.54, 1.807) is 30.3 Å². The molecule has 0 aromatic heterocycles. The number of nitrogens with zero attached hydrogens (tertiary/aromatic N) is 1. The van der Waals surface area contributed by atoms with Gasteiger partial charge < -0.3 is 4.74 Å². The van der Waals surface area contributed by atoms with Crippen molar-refractivity contribution in [3.63, 3.8) is 0 Å². The van der Waals surface area contributed by atoms with Gasteiger partial charge in [-0.1, -0.05) is 24.3 Å². The van der Waals surface area contributed by atoms with Gasteiger partial charge in [-0.2, -0.15) is 5.26 Å². The zero-order valence-corrected chi connectivity index (χ0v) is 10.6. The van der Waals surface area contributed by atoms with E-state index in [9.17, 15) is 4.79 Å². The lowest BCUT2D eigenvalue weighted by Gasteiger charge is -2.07. The van der Waals surface area contributed by atoms with Crippen LogP contribution in [0.2, 0.25) is 0 Å². The predicted octanol–water partition coefficient (Wildman–Crippen LogP) is 3.34. The van der Waals surface area contributed by atoms with Gasteiger partial charge in [0.15, 0.2) is 5.78 Å². The Balaban J connectivity index is 2.03. The highest BCUT2D eigenvalue weighted by atomic mass is 16.5. The third-order valence-corrected chi connectivity index (χ3v) is 2.73. The standard InChI is InChI=1S/C16H13NO2/c1-12(18)15-3-2-4-16(9-15)19-11-14-7-5-13(10-17)6-8-14/h2-9H,11H2,1H3. The second-order valence-corrected chi connectivity index (χ2v) is 4.18. The molecule has 0 aliphatic heterocycles. The van der Waals surface area contributed by atoms with Gasteiger partial charge >= 0.3 is 0 Å². The van der Waals surface area contributed by atoms with E-state index in [2.05, 4.69) is 6.07 Å². The third-order valence-electron chi connectivity index (χ3n) is 2.73. The molecule has 0 radical (unpaired) electrons. The Labute approximate surface area is 112 Å². The summed E-state index contributed by atoms with van der Waals surface area (Å²) < 4.78 is 5.62. The summed E-state index contributed by atoms with van der Waals surface area (Å²) in [6.07, 6.45) is 0. The molecule has 19 heavy (non-hydrogen) atoms. The second kappa shape index (κ2) is 5.83. The van der Waals surface area contributed by atoms with Crippen molar-refractivity contribution in [2.24, 2.45) is 0 Å². The monoisotopic (exact) mass is 251 g/mol. The molecule has 2 rings (SSSR count). The van der Waals surface area contributed by atoms with Crippen molar-refractivity contribution in [2.75, 3.05) is 0 Å². The minimum atomic E-state index is 0.0174. The number of ether oxygens (including phenoxy) is 1. The average molecular weight is 251 g/mol. The first-order valence-electron chi connectivity index (χ1n) is 5.92. The molecule has 0 N–H and O–H groups in total. The van der Waals surface area contributed by atoms with E-state index in [4.69, 9.17) is 10.00 Å². The van der Waals surface area contributed by atoms with Gasteiger partial charge in [-0.15, -0.1) is 0 Å². The highest BCUT2D eigenvalue weighted by Crippen LogP contribution is 2.15. The molecule has 0 aliphatic rings. The van der Waals surface area contributed by atoms with Crippen LogP contribution in [0.15, 0.2) is 48.5 Å². The van der Waals surface area contributed by atoms with Gasteiger partial charge in [-0.05, 0) is 36.8 Å². The predicted molar refractivity (Wildman–Crippen MR) is 71.9 cm³/mol. The van der Waals surface area contributed by atoms with Crippen molar-refractivity contribution in [1.29, 1.82) is 5.26 Å². The molecule has 0 heterocycles. The fourth-order valence-corrected chi connectivity index (χ4v) is 1.65. The van der Waals surface area contributed by atoms with Crippen LogP contribution in [0.5, 0.6) is 5.75 Å². The summed E-state index contributed by atoms with van der Waals surface area (Å²) in [6, 6.07) is 16.4. The minimum absolute atomic E-state index is 0.0174. The van der Waals surface area contributed by atoms with Crippen LogP contribution < -0.4 is 4.74 Å². The van der Waals surface area contributed by atoms with Crippen molar-refractivity contribution in [1.82, 2.24) is 0 Å². The molecule has 0 fully saturated rings. The molecule has 0 saturated carbocycles. The van der Waals surface area contributed by atoms with Crippen LogP contribution in [0, 0.1) is 11.3 Å². The molecular weight excluding hydrogens is 238 g/mol. The summed E-state index contributed by atoms with van der Waals surface area (Å²) in [5.74, 6) is 0.681. The average Bonchev–Trinajstić information content (AvgIpc) is 2.46. The first kappa shape index (κ1) is 12.8. The summed E-state index contributed by atoms with van der Waals surface area (Å²) in [6.45, 7) is 1.94. The number of Topliss-reactive ketones (excluding diaryl/α,β-unsaturated/α-hetero) is 1. The lowest BCUT2D eigenvalue weighted by atomic mass is 10.1. The topological polar surface area (TPSA) is 50.1 Å². The van der Waals surface area contributed by atoms with E-state index >= 15 is 0 Å². The summed E-state index contributed by atoms with van der Waals surface area (Å²) in [5.41, 5.74) is 2.24. The van der Waals surface area contributed by atoms with Gasteiger partial charge in [0.05, 0.1) is 11.6 Å². The van der Waals surface area contributed by atoms with Crippen LogP contribution in [-0.4, -0.2) is 5.78 Å². The van der Waals surface area contributed by atoms with Crippen LogP contribution in [-0.2, 0) is 6.61 Å². The Morgan fingerprint density at radius 1 is 1.21 bits per heavy atom. The molecule has 0 saturated heterocycles. The smallest absolute Gasteiger partial charge is 0.159 e. The lowest BCUT2D eigenvalue weighted by Crippen LogP contribution is -1.97. The molecule has 2 aromatic carbocycles. The summed E-state index contributed by atoms with van der Waals surface area (Å²) in [7, 11) is 0. The molecular formula is C16H13NO2. The Morgan fingerprint density at radius 2 is 1.95 bits per heavy atom. The quantitative estimate of drug-likeness (QED) is 0.783. The normalized spacial score (nSPS) is 9.68. The lowest BCUT2D eigenvalue weighted by molar-refractivity contribution is 0.101. The molecule has 0 bridgehead atoms. The maximum absolute atomic E-state index is 11.3. The number of carbonyl (C=O) groups excluding carboxylic acids is 1. The number of carbonyl (C=O) groups is 1. The molecule has 3 nitrogen and oxygen atoms in total. The van der Waals surface area contributed by atoms with E-state index in [1.165, 1.54) is 6.92 Å². The van der Waals surface area contributed by atoms with Gasteiger partial charge in [0.2, 0.25) is 0 Å².